The van der Waals surface area contributed by atoms with E-state index in [4.69, 9.17) is 9.47 Å². The number of ether oxygens (including phenoxy) is 2. The van der Waals surface area contributed by atoms with Crippen molar-refractivity contribution in [3.8, 4) is 0 Å². The number of aryl methyl sites for hydroxylation is 1. The molecule has 5 nitrogen and oxygen atoms in total. The first kappa shape index (κ1) is 16.5. The van der Waals surface area contributed by atoms with Gasteiger partial charge in [-0.05, 0) is 45.0 Å². The monoisotopic (exact) mass is 304 g/mol. The molecule has 0 fully saturated rings. The van der Waals surface area contributed by atoms with Crippen LogP contribution in [0.5, 0.6) is 0 Å². The van der Waals surface area contributed by atoms with Crippen molar-refractivity contribution in [2.45, 2.75) is 33.4 Å². The molecule has 22 heavy (non-hydrogen) atoms. The molecule has 2 rings (SSSR count). The highest BCUT2D eigenvalue weighted by atomic mass is 16.5. The highest BCUT2D eigenvalue weighted by Crippen LogP contribution is 2.20. The fourth-order valence-electron chi connectivity index (χ4n) is 2.30. The van der Waals surface area contributed by atoms with Crippen molar-refractivity contribution in [1.29, 1.82) is 0 Å². The Hall–Kier alpha value is -1.85. The zero-order chi connectivity index (χ0) is 15.9. The molecule has 0 unspecified atom stereocenters. The minimum Gasteiger partial charge on any atom is -0.379 e. The molecule has 1 atom stereocenters. The van der Waals surface area contributed by atoms with Crippen molar-refractivity contribution >= 4 is 22.5 Å². The average molecular weight is 304 g/mol. The molecule has 2 aromatic rings. The summed E-state index contributed by atoms with van der Waals surface area (Å²) in [6.45, 7) is 8.29. The molecule has 1 aromatic heterocycles. The second kappa shape index (κ2) is 7.96. The predicted molar refractivity (Wildman–Crippen MR) is 88.1 cm³/mol. The highest BCUT2D eigenvalue weighted by molar-refractivity contribution is 5.96. The molecule has 0 radical (unpaired) electrons. The van der Waals surface area contributed by atoms with Crippen molar-refractivity contribution in [3.63, 3.8) is 0 Å². The number of amides is 1. The van der Waals surface area contributed by atoms with Gasteiger partial charge in [0.15, 0.2) is 0 Å². The summed E-state index contributed by atoms with van der Waals surface area (Å²) in [6, 6.07) is 7.97. The van der Waals surface area contributed by atoms with Gasteiger partial charge in [0, 0.05) is 35.9 Å². The van der Waals surface area contributed by atoms with Gasteiger partial charge in [0.05, 0.1) is 13.2 Å². The number of hydrogen-bond acceptors (Lipinski definition) is 3. The van der Waals surface area contributed by atoms with Crippen LogP contribution in [0, 0.1) is 0 Å². The van der Waals surface area contributed by atoms with Crippen LogP contribution in [0.3, 0.4) is 0 Å². The zero-order valence-electron chi connectivity index (χ0n) is 13.5. The Balaban J connectivity index is 1.93. The summed E-state index contributed by atoms with van der Waals surface area (Å²) in [5, 5.41) is 4.00. The van der Waals surface area contributed by atoms with Crippen LogP contribution in [0.1, 0.15) is 20.8 Å². The fourth-order valence-corrected chi connectivity index (χ4v) is 2.30. The Morgan fingerprint density at radius 2 is 2.09 bits per heavy atom. The van der Waals surface area contributed by atoms with Gasteiger partial charge in [-0.3, -0.25) is 4.79 Å². The van der Waals surface area contributed by atoms with Crippen LogP contribution in [0.15, 0.2) is 30.5 Å². The third-order valence-electron chi connectivity index (χ3n) is 3.55. The normalized spacial score (nSPS) is 12.5. The maximum absolute atomic E-state index is 12.1. The first-order valence-corrected chi connectivity index (χ1v) is 7.74. The largest absolute Gasteiger partial charge is 0.379 e. The van der Waals surface area contributed by atoms with E-state index < -0.39 is 6.10 Å². The molecule has 0 bridgehead atoms. The number of nitrogens with zero attached hydrogens (tertiary/aromatic N) is 1. The Morgan fingerprint density at radius 3 is 2.82 bits per heavy atom. The van der Waals surface area contributed by atoms with Gasteiger partial charge in [-0.1, -0.05) is 0 Å². The number of fused-ring (bicyclic) bond motifs is 1. The maximum atomic E-state index is 12.1. The first-order valence-electron chi connectivity index (χ1n) is 7.74. The zero-order valence-corrected chi connectivity index (χ0v) is 13.5. The summed E-state index contributed by atoms with van der Waals surface area (Å²) in [6.07, 6.45) is 1.55. The lowest BCUT2D eigenvalue weighted by molar-refractivity contribution is -0.127. The van der Waals surface area contributed by atoms with E-state index in [-0.39, 0.29) is 5.91 Å². The molecule has 0 saturated carbocycles. The summed E-state index contributed by atoms with van der Waals surface area (Å²) in [4.78, 5) is 12.1. The fraction of sp³-hybridized carbons (Fsp3) is 0.471. The van der Waals surface area contributed by atoms with Crippen molar-refractivity contribution in [2.75, 3.05) is 25.1 Å². The molecular weight excluding hydrogens is 280 g/mol. The van der Waals surface area contributed by atoms with Crippen LogP contribution < -0.4 is 5.32 Å². The number of benzene rings is 1. The van der Waals surface area contributed by atoms with E-state index in [2.05, 4.69) is 29.1 Å². The van der Waals surface area contributed by atoms with Crippen molar-refractivity contribution in [3.05, 3.63) is 30.5 Å². The molecule has 0 aliphatic carbocycles. The van der Waals surface area contributed by atoms with E-state index >= 15 is 0 Å². The second-order valence-corrected chi connectivity index (χ2v) is 5.07. The number of rotatable bonds is 8. The van der Waals surface area contributed by atoms with E-state index in [1.165, 1.54) is 5.52 Å². The third-order valence-corrected chi connectivity index (χ3v) is 3.55. The van der Waals surface area contributed by atoms with Gasteiger partial charge < -0.3 is 19.4 Å². The predicted octanol–water partition coefficient (Wildman–Crippen LogP) is 3.04. The first-order chi connectivity index (χ1) is 10.7. The lowest BCUT2D eigenvalue weighted by Gasteiger charge is -2.13. The minimum atomic E-state index is -0.503. The van der Waals surface area contributed by atoms with Gasteiger partial charge in [-0.25, -0.2) is 0 Å². The van der Waals surface area contributed by atoms with Crippen LogP contribution in [-0.4, -0.2) is 36.4 Å². The molecule has 1 aromatic carbocycles. The molecule has 5 heteroatoms. The smallest absolute Gasteiger partial charge is 0.253 e. The lowest BCUT2D eigenvalue weighted by Crippen LogP contribution is -2.28. The Kier molecular flexibility index (Phi) is 5.98. The molecule has 0 spiro atoms. The van der Waals surface area contributed by atoms with Crippen LogP contribution >= 0.6 is 0 Å². The van der Waals surface area contributed by atoms with Crippen molar-refractivity contribution in [1.82, 2.24) is 4.57 Å². The van der Waals surface area contributed by atoms with E-state index in [0.29, 0.717) is 19.8 Å². The van der Waals surface area contributed by atoms with Crippen LogP contribution in [0.4, 0.5) is 5.69 Å². The standard InChI is InChI=1S/C17H24N2O3/c1-4-19-9-8-14-12-15(6-7-16(14)19)18-17(20)13(3)22-11-10-21-5-2/h6-9,12-13H,4-5,10-11H2,1-3H3,(H,18,20)/t13-/m0/s1. The van der Waals surface area contributed by atoms with E-state index in [9.17, 15) is 4.79 Å². The van der Waals surface area contributed by atoms with E-state index in [1.807, 2.05) is 25.1 Å². The lowest BCUT2D eigenvalue weighted by atomic mass is 10.2. The molecule has 0 aliphatic rings. The number of aromatic nitrogens is 1. The molecule has 1 amide bonds. The van der Waals surface area contributed by atoms with Crippen LogP contribution in [0.25, 0.3) is 10.9 Å². The Labute approximate surface area is 131 Å². The summed E-state index contributed by atoms with van der Waals surface area (Å²) in [5.41, 5.74) is 1.95. The molecule has 0 saturated heterocycles. The number of carbonyl (C=O) groups excluding carboxylic acids is 1. The maximum Gasteiger partial charge on any atom is 0.253 e. The number of nitrogens with one attached hydrogen (secondary N) is 1. The Morgan fingerprint density at radius 1 is 1.27 bits per heavy atom. The van der Waals surface area contributed by atoms with Gasteiger partial charge in [-0.15, -0.1) is 0 Å². The molecule has 120 valence electrons. The second-order valence-electron chi connectivity index (χ2n) is 5.07. The quantitative estimate of drug-likeness (QED) is 0.763. The number of anilines is 1. The number of hydrogen-bond donors (Lipinski definition) is 1. The summed E-state index contributed by atoms with van der Waals surface area (Å²) in [5.74, 6) is -0.147. The SMILES string of the molecule is CCOCCO[C@@H](C)C(=O)Nc1ccc2c(ccn2CC)c1. The summed E-state index contributed by atoms with van der Waals surface area (Å²) < 4.78 is 12.8. The van der Waals surface area contributed by atoms with Crippen LogP contribution in [0.2, 0.25) is 0 Å². The average Bonchev–Trinajstić information content (AvgIpc) is 2.93. The number of carbonyl (C=O) groups is 1. The van der Waals surface area contributed by atoms with E-state index in [1.54, 1.807) is 6.92 Å². The summed E-state index contributed by atoms with van der Waals surface area (Å²) >= 11 is 0. The van der Waals surface area contributed by atoms with Gasteiger partial charge in [0.1, 0.15) is 6.10 Å². The van der Waals surface area contributed by atoms with Crippen molar-refractivity contribution < 1.29 is 14.3 Å². The highest BCUT2D eigenvalue weighted by Gasteiger charge is 2.13. The van der Waals surface area contributed by atoms with Crippen molar-refractivity contribution in [2.24, 2.45) is 0 Å². The van der Waals surface area contributed by atoms with Gasteiger partial charge in [-0.2, -0.15) is 0 Å². The van der Waals surface area contributed by atoms with Crippen LogP contribution in [-0.2, 0) is 20.8 Å². The molecule has 1 heterocycles. The minimum absolute atomic E-state index is 0.147. The third kappa shape index (κ3) is 4.08. The van der Waals surface area contributed by atoms with E-state index in [0.717, 1.165) is 17.6 Å². The molecular formula is C17H24N2O3. The molecule has 1 N–H and O–H groups in total. The summed E-state index contributed by atoms with van der Waals surface area (Å²) in [7, 11) is 0. The van der Waals surface area contributed by atoms with Gasteiger partial charge in [0.2, 0.25) is 0 Å². The van der Waals surface area contributed by atoms with Gasteiger partial charge in [0.25, 0.3) is 5.91 Å². The van der Waals surface area contributed by atoms with Gasteiger partial charge >= 0.3 is 0 Å². The molecule has 0 aliphatic heterocycles. The topological polar surface area (TPSA) is 52.5 Å². The Bertz CT molecular complexity index is 621.